The number of carbonyl (C=O) groups excluding carboxylic acids is 1. The Hall–Kier alpha value is -1.80. The molecule has 0 aliphatic carbocycles. The summed E-state index contributed by atoms with van der Waals surface area (Å²) in [4.78, 5) is 15.5. The average molecular weight is 285 g/mol. The predicted molar refractivity (Wildman–Crippen MR) is 68.8 cm³/mol. The number of rotatable bonds is 4. The molecule has 0 saturated carbocycles. The second-order valence-electron chi connectivity index (χ2n) is 3.20. The molecule has 0 saturated heterocycles. The third kappa shape index (κ3) is 3.11. The molecule has 3 N–H and O–H groups in total. The lowest BCUT2D eigenvalue weighted by Gasteiger charge is -2.05. The molecule has 0 aliphatic heterocycles. The molecule has 0 aliphatic rings. The molecule has 2 aromatic heterocycles. The second-order valence-corrected chi connectivity index (χ2v) is 4.50. The highest BCUT2D eigenvalue weighted by Gasteiger charge is 2.09. The molecule has 0 aromatic carbocycles. The number of nitrogens with two attached hydrogens (primary N) is 1. The summed E-state index contributed by atoms with van der Waals surface area (Å²) in [5.41, 5.74) is 0.471. The number of nitrogens with one attached hydrogen (secondary N) is 1. The molecule has 7 nitrogen and oxygen atoms in total. The van der Waals surface area contributed by atoms with Crippen LogP contribution in [0.15, 0.2) is 29.8 Å². The van der Waals surface area contributed by atoms with E-state index in [4.69, 9.17) is 17.4 Å². The van der Waals surface area contributed by atoms with Crippen LogP contribution in [-0.4, -0.2) is 31.5 Å². The number of hydrogen-bond donors (Lipinski definition) is 2. The molecule has 0 radical (unpaired) electrons. The molecule has 0 spiro atoms. The first-order chi connectivity index (χ1) is 8.66. The van der Waals surface area contributed by atoms with Crippen molar-refractivity contribution in [2.75, 3.05) is 16.9 Å². The van der Waals surface area contributed by atoms with E-state index < -0.39 is 0 Å². The standard InChI is InChI=1S/C9H9ClN6OS/c10-8-6(2-1-3-12-8)14-7(17)4-18-9-15-13-5-16(9)11/h1-3,5H,4,11H2,(H,14,17). The maximum Gasteiger partial charge on any atom is 0.234 e. The zero-order valence-electron chi connectivity index (χ0n) is 9.08. The van der Waals surface area contributed by atoms with Gasteiger partial charge in [-0.2, -0.15) is 0 Å². The van der Waals surface area contributed by atoms with Crippen LogP contribution in [0.5, 0.6) is 0 Å². The highest BCUT2D eigenvalue weighted by Crippen LogP contribution is 2.18. The highest BCUT2D eigenvalue weighted by molar-refractivity contribution is 7.99. The van der Waals surface area contributed by atoms with E-state index in [0.717, 1.165) is 0 Å². The minimum Gasteiger partial charge on any atom is -0.336 e. The number of nitrogens with zero attached hydrogens (tertiary/aromatic N) is 4. The van der Waals surface area contributed by atoms with Crippen LogP contribution in [0.4, 0.5) is 5.69 Å². The predicted octanol–water partition coefficient (Wildman–Crippen LogP) is 0.771. The fraction of sp³-hybridized carbons (Fsp3) is 0.111. The lowest BCUT2D eigenvalue weighted by atomic mass is 10.4. The lowest BCUT2D eigenvalue weighted by molar-refractivity contribution is -0.113. The van der Waals surface area contributed by atoms with Crippen molar-refractivity contribution in [2.45, 2.75) is 5.16 Å². The minimum absolute atomic E-state index is 0.154. The Morgan fingerprint density at radius 1 is 1.61 bits per heavy atom. The molecule has 0 fully saturated rings. The summed E-state index contributed by atoms with van der Waals surface area (Å²) in [5.74, 6) is 5.44. The van der Waals surface area contributed by atoms with Gasteiger partial charge in [0, 0.05) is 6.20 Å². The molecular weight excluding hydrogens is 276 g/mol. The monoisotopic (exact) mass is 284 g/mol. The van der Waals surface area contributed by atoms with Crippen molar-refractivity contribution < 1.29 is 4.79 Å². The van der Waals surface area contributed by atoms with Crippen LogP contribution in [0.3, 0.4) is 0 Å². The van der Waals surface area contributed by atoms with Crippen LogP contribution >= 0.6 is 23.4 Å². The van der Waals surface area contributed by atoms with E-state index in [1.165, 1.54) is 22.8 Å². The summed E-state index contributed by atoms with van der Waals surface area (Å²) in [7, 11) is 0. The maximum atomic E-state index is 11.7. The van der Waals surface area contributed by atoms with Crippen molar-refractivity contribution in [1.29, 1.82) is 0 Å². The maximum absolute atomic E-state index is 11.7. The van der Waals surface area contributed by atoms with Gasteiger partial charge in [0.25, 0.3) is 0 Å². The molecule has 0 unspecified atom stereocenters. The van der Waals surface area contributed by atoms with E-state index in [9.17, 15) is 4.79 Å². The zero-order chi connectivity index (χ0) is 13.0. The zero-order valence-corrected chi connectivity index (χ0v) is 10.6. The fourth-order valence-corrected chi connectivity index (χ4v) is 1.93. The van der Waals surface area contributed by atoms with Gasteiger partial charge in [0.1, 0.15) is 6.33 Å². The largest absolute Gasteiger partial charge is 0.336 e. The van der Waals surface area contributed by atoms with Gasteiger partial charge in [-0.3, -0.25) is 4.79 Å². The first kappa shape index (κ1) is 12.7. The van der Waals surface area contributed by atoms with Gasteiger partial charge >= 0.3 is 0 Å². The van der Waals surface area contributed by atoms with Gasteiger partial charge in [0.15, 0.2) is 5.15 Å². The summed E-state index contributed by atoms with van der Waals surface area (Å²) in [6.45, 7) is 0. The van der Waals surface area contributed by atoms with Crippen LogP contribution in [-0.2, 0) is 4.79 Å². The number of aromatic nitrogens is 4. The van der Waals surface area contributed by atoms with Crippen molar-refractivity contribution >= 4 is 35.0 Å². The Labute approximate surface area is 112 Å². The Bertz CT molecular complexity index is 559. The number of nitrogen functional groups attached to an aromatic ring is 1. The lowest BCUT2D eigenvalue weighted by Crippen LogP contribution is -2.16. The summed E-state index contributed by atoms with van der Waals surface area (Å²) >= 11 is 6.99. The van der Waals surface area contributed by atoms with E-state index in [0.29, 0.717) is 10.8 Å². The highest BCUT2D eigenvalue weighted by atomic mass is 35.5. The van der Waals surface area contributed by atoms with Gasteiger partial charge in [0.05, 0.1) is 11.4 Å². The van der Waals surface area contributed by atoms with Gasteiger partial charge in [0.2, 0.25) is 11.1 Å². The summed E-state index contributed by atoms with van der Waals surface area (Å²) < 4.78 is 1.25. The molecule has 0 atom stereocenters. The van der Waals surface area contributed by atoms with Gasteiger partial charge in [-0.1, -0.05) is 23.4 Å². The molecule has 0 bridgehead atoms. The Morgan fingerprint density at radius 3 is 3.11 bits per heavy atom. The molecule has 9 heteroatoms. The van der Waals surface area contributed by atoms with E-state index in [1.807, 2.05) is 0 Å². The molecule has 18 heavy (non-hydrogen) atoms. The third-order valence-corrected chi connectivity index (χ3v) is 3.16. The number of anilines is 1. The van der Waals surface area contributed by atoms with Crippen LogP contribution in [0.2, 0.25) is 5.15 Å². The second kappa shape index (κ2) is 5.69. The summed E-state index contributed by atoms with van der Waals surface area (Å²) in [6, 6.07) is 3.36. The topological polar surface area (TPSA) is 98.7 Å². The van der Waals surface area contributed by atoms with Crippen molar-refractivity contribution in [3.05, 3.63) is 29.8 Å². The number of halogens is 1. The Kier molecular flexibility index (Phi) is 4.00. The number of amides is 1. The number of thioether (sulfide) groups is 1. The average Bonchev–Trinajstić information content (AvgIpc) is 2.75. The third-order valence-electron chi connectivity index (χ3n) is 1.91. The van der Waals surface area contributed by atoms with Gasteiger partial charge in [-0.15, -0.1) is 10.2 Å². The van der Waals surface area contributed by atoms with Gasteiger partial charge < -0.3 is 11.2 Å². The van der Waals surface area contributed by atoms with Crippen molar-refractivity contribution in [2.24, 2.45) is 0 Å². The summed E-state index contributed by atoms with van der Waals surface area (Å²) in [6.07, 6.45) is 2.90. The molecule has 2 heterocycles. The van der Waals surface area contributed by atoms with Gasteiger partial charge in [-0.25, -0.2) is 9.66 Å². The molecular formula is C9H9ClN6OS. The summed E-state index contributed by atoms with van der Waals surface area (Å²) in [5, 5.41) is 10.7. The molecule has 2 aromatic rings. The number of carbonyl (C=O) groups is 1. The first-order valence-electron chi connectivity index (χ1n) is 4.85. The molecule has 1 amide bonds. The van der Waals surface area contributed by atoms with Gasteiger partial charge in [-0.05, 0) is 12.1 Å². The van der Waals surface area contributed by atoms with Crippen LogP contribution < -0.4 is 11.2 Å². The van der Waals surface area contributed by atoms with Crippen molar-refractivity contribution in [3.63, 3.8) is 0 Å². The number of pyridine rings is 1. The van der Waals surface area contributed by atoms with Crippen LogP contribution in [0.25, 0.3) is 0 Å². The Morgan fingerprint density at radius 2 is 2.44 bits per heavy atom. The first-order valence-corrected chi connectivity index (χ1v) is 6.21. The van der Waals surface area contributed by atoms with E-state index >= 15 is 0 Å². The van der Waals surface area contributed by atoms with E-state index in [-0.39, 0.29) is 16.8 Å². The normalized spacial score (nSPS) is 10.3. The fourth-order valence-electron chi connectivity index (χ4n) is 1.13. The van der Waals surface area contributed by atoms with E-state index in [1.54, 1.807) is 18.3 Å². The van der Waals surface area contributed by atoms with Crippen molar-refractivity contribution in [1.82, 2.24) is 19.9 Å². The minimum atomic E-state index is -0.224. The SMILES string of the molecule is Nn1cnnc1SCC(=O)Nc1cccnc1Cl. The van der Waals surface area contributed by atoms with Crippen LogP contribution in [0.1, 0.15) is 0 Å². The molecule has 94 valence electrons. The molecule has 2 rings (SSSR count). The quantitative estimate of drug-likeness (QED) is 0.489. The Balaban J connectivity index is 1.90. The smallest absolute Gasteiger partial charge is 0.234 e. The number of hydrogen-bond acceptors (Lipinski definition) is 6. The van der Waals surface area contributed by atoms with E-state index in [2.05, 4.69) is 20.5 Å². The van der Waals surface area contributed by atoms with Crippen molar-refractivity contribution in [3.8, 4) is 0 Å². The van der Waals surface area contributed by atoms with Crippen LogP contribution in [0, 0.1) is 0 Å².